The van der Waals surface area contributed by atoms with Crippen LogP contribution in [0.2, 0.25) is 0 Å². The third kappa shape index (κ3) is 7.11. The van der Waals surface area contributed by atoms with Gasteiger partial charge in [-0.1, -0.05) is 12.1 Å². The second-order valence-corrected chi connectivity index (χ2v) is 4.08. The van der Waals surface area contributed by atoms with Crippen molar-refractivity contribution in [3.8, 4) is 0 Å². The monoisotopic (exact) mass is 300 g/mol. The van der Waals surface area contributed by atoms with Crippen molar-refractivity contribution in [2.75, 3.05) is 25.5 Å². The van der Waals surface area contributed by atoms with Gasteiger partial charge in [0.15, 0.2) is 0 Å². The van der Waals surface area contributed by atoms with Crippen molar-refractivity contribution in [3.63, 3.8) is 0 Å². The van der Waals surface area contributed by atoms with Crippen LogP contribution < -0.4 is 10.6 Å². The second kappa shape index (κ2) is 10.2. The predicted octanol–water partition coefficient (Wildman–Crippen LogP) is 1.76. The summed E-state index contributed by atoms with van der Waals surface area (Å²) in [6.45, 7) is 2.78. The maximum absolute atomic E-state index is 11.6. The van der Waals surface area contributed by atoms with Crippen LogP contribution in [0, 0.1) is 0 Å². The van der Waals surface area contributed by atoms with Gasteiger partial charge in [-0.2, -0.15) is 0 Å². The van der Waals surface area contributed by atoms with Gasteiger partial charge >= 0.3 is 5.97 Å². The van der Waals surface area contributed by atoms with Gasteiger partial charge in [-0.3, -0.25) is 9.59 Å². The van der Waals surface area contributed by atoms with Crippen LogP contribution in [0.3, 0.4) is 0 Å². The lowest BCUT2D eigenvalue weighted by Gasteiger charge is -2.07. The molecule has 0 aliphatic rings. The number of ether oxygens (including phenoxy) is 1. The third-order valence-corrected chi connectivity index (χ3v) is 2.47. The summed E-state index contributed by atoms with van der Waals surface area (Å²) in [4.78, 5) is 22.9. The summed E-state index contributed by atoms with van der Waals surface area (Å²) < 4.78 is 4.89. The van der Waals surface area contributed by atoms with Gasteiger partial charge < -0.3 is 15.4 Å². The zero-order valence-corrected chi connectivity index (χ0v) is 12.6. The van der Waals surface area contributed by atoms with E-state index in [0.717, 1.165) is 5.56 Å². The number of halogens is 1. The predicted molar refractivity (Wildman–Crippen MR) is 81.2 cm³/mol. The molecule has 0 unspecified atom stereocenters. The lowest BCUT2D eigenvalue weighted by molar-refractivity contribution is -0.142. The Morgan fingerprint density at radius 2 is 2.05 bits per heavy atom. The van der Waals surface area contributed by atoms with E-state index < -0.39 is 0 Å². The average molecular weight is 301 g/mol. The Kier molecular flexibility index (Phi) is 9.41. The molecule has 20 heavy (non-hydrogen) atoms. The summed E-state index contributed by atoms with van der Waals surface area (Å²) in [5.74, 6) is -0.316. The molecule has 0 heterocycles. The maximum Gasteiger partial charge on any atom is 0.310 e. The largest absolute Gasteiger partial charge is 0.466 e. The van der Waals surface area contributed by atoms with Crippen molar-refractivity contribution < 1.29 is 14.3 Å². The lowest BCUT2D eigenvalue weighted by Crippen LogP contribution is -2.18. The minimum atomic E-state index is -0.263. The first kappa shape index (κ1) is 18.4. The van der Waals surface area contributed by atoms with Gasteiger partial charge in [0.1, 0.15) is 0 Å². The molecule has 6 heteroatoms. The van der Waals surface area contributed by atoms with Crippen LogP contribution in [0.4, 0.5) is 5.69 Å². The van der Waals surface area contributed by atoms with Gasteiger partial charge in [-0.25, -0.2) is 0 Å². The molecule has 0 bridgehead atoms. The second-order valence-electron chi connectivity index (χ2n) is 4.08. The molecule has 0 saturated carbocycles. The SMILES string of the molecule is CCOC(=O)Cc1cccc(NC(=O)CCNC)c1.Cl. The Morgan fingerprint density at radius 3 is 2.70 bits per heavy atom. The van der Waals surface area contributed by atoms with Crippen LogP contribution in [0.15, 0.2) is 24.3 Å². The molecule has 1 aromatic carbocycles. The number of rotatable bonds is 7. The molecular weight excluding hydrogens is 280 g/mol. The molecule has 0 aliphatic heterocycles. The van der Waals surface area contributed by atoms with Gasteiger partial charge in [0.05, 0.1) is 13.0 Å². The zero-order valence-electron chi connectivity index (χ0n) is 11.8. The maximum atomic E-state index is 11.6. The Labute approximate surface area is 125 Å². The van der Waals surface area contributed by atoms with E-state index >= 15 is 0 Å². The Morgan fingerprint density at radius 1 is 1.30 bits per heavy atom. The highest BCUT2D eigenvalue weighted by Crippen LogP contribution is 2.12. The van der Waals surface area contributed by atoms with E-state index in [1.165, 1.54) is 0 Å². The number of hydrogen-bond donors (Lipinski definition) is 2. The van der Waals surface area contributed by atoms with Crippen molar-refractivity contribution in [3.05, 3.63) is 29.8 Å². The molecule has 0 aliphatic carbocycles. The third-order valence-electron chi connectivity index (χ3n) is 2.47. The molecule has 0 saturated heterocycles. The summed E-state index contributed by atoms with van der Waals surface area (Å²) in [6.07, 6.45) is 0.632. The van der Waals surface area contributed by atoms with Gasteiger partial charge in [0.25, 0.3) is 0 Å². The first-order chi connectivity index (χ1) is 9.15. The van der Waals surface area contributed by atoms with E-state index in [9.17, 15) is 9.59 Å². The van der Waals surface area contributed by atoms with Crippen LogP contribution in [0.5, 0.6) is 0 Å². The van der Waals surface area contributed by atoms with E-state index in [2.05, 4.69) is 10.6 Å². The number of carbonyl (C=O) groups excluding carboxylic acids is 2. The molecule has 1 aromatic rings. The molecule has 1 amide bonds. The van der Waals surface area contributed by atoms with Gasteiger partial charge in [0.2, 0.25) is 5.91 Å². The molecule has 0 aromatic heterocycles. The quantitative estimate of drug-likeness (QED) is 0.753. The molecule has 0 atom stereocenters. The molecule has 112 valence electrons. The van der Waals surface area contributed by atoms with Crippen molar-refractivity contribution >= 4 is 30.0 Å². The van der Waals surface area contributed by atoms with E-state index in [4.69, 9.17) is 4.74 Å². The van der Waals surface area contributed by atoms with E-state index in [1.54, 1.807) is 26.1 Å². The molecule has 5 nitrogen and oxygen atoms in total. The van der Waals surface area contributed by atoms with Crippen molar-refractivity contribution in [2.24, 2.45) is 0 Å². The number of amides is 1. The summed E-state index contributed by atoms with van der Waals surface area (Å²) >= 11 is 0. The van der Waals surface area contributed by atoms with Crippen molar-refractivity contribution in [2.45, 2.75) is 19.8 Å². The van der Waals surface area contributed by atoms with Gasteiger partial charge in [-0.05, 0) is 31.7 Å². The smallest absolute Gasteiger partial charge is 0.310 e. The number of hydrogen-bond acceptors (Lipinski definition) is 4. The van der Waals surface area contributed by atoms with Gasteiger partial charge in [-0.15, -0.1) is 12.4 Å². The van der Waals surface area contributed by atoms with Crippen LogP contribution in [0.1, 0.15) is 18.9 Å². The summed E-state index contributed by atoms with van der Waals surface area (Å²) in [7, 11) is 1.80. The standard InChI is InChI=1S/C14H20N2O3.ClH/c1-3-19-14(18)10-11-5-4-6-12(9-11)16-13(17)7-8-15-2;/h4-6,9,15H,3,7-8,10H2,1-2H3,(H,16,17);1H. The topological polar surface area (TPSA) is 67.4 Å². The van der Waals surface area contributed by atoms with Crippen LogP contribution in [0.25, 0.3) is 0 Å². The minimum Gasteiger partial charge on any atom is -0.466 e. The lowest BCUT2D eigenvalue weighted by atomic mass is 10.1. The Hall–Kier alpha value is -1.59. The van der Waals surface area contributed by atoms with Gasteiger partial charge in [0, 0.05) is 18.7 Å². The van der Waals surface area contributed by atoms with Crippen molar-refractivity contribution in [1.82, 2.24) is 5.32 Å². The summed E-state index contributed by atoms with van der Waals surface area (Å²) in [6, 6.07) is 7.22. The molecule has 0 radical (unpaired) electrons. The average Bonchev–Trinajstić information content (AvgIpc) is 2.37. The van der Waals surface area contributed by atoms with E-state index in [-0.39, 0.29) is 30.7 Å². The van der Waals surface area contributed by atoms with Crippen LogP contribution in [-0.4, -0.2) is 32.1 Å². The Balaban J connectivity index is 0.00000361. The number of anilines is 1. The minimum absolute atomic E-state index is 0. The molecule has 2 N–H and O–H groups in total. The molecular formula is C14H21ClN2O3. The first-order valence-electron chi connectivity index (χ1n) is 6.34. The van der Waals surface area contributed by atoms with Crippen LogP contribution in [-0.2, 0) is 20.7 Å². The fraction of sp³-hybridized carbons (Fsp3) is 0.429. The van der Waals surface area contributed by atoms with Crippen LogP contribution >= 0.6 is 12.4 Å². The van der Waals surface area contributed by atoms with E-state index in [0.29, 0.717) is 25.3 Å². The van der Waals surface area contributed by atoms with Crippen molar-refractivity contribution in [1.29, 1.82) is 0 Å². The first-order valence-corrected chi connectivity index (χ1v) is 6.34. The molecule has 0 fully saturated rings. The fourth-order valence-electron chi connectivity index (χ4n) is 1.60. The number of carbonyl (C=O) groups is 2. The highest BCUT2D eigenvalue weighted by Gasteiger charge is 2.06. The van der Waals surface area contributed by atoms with E-state index in [1.807, 2.05) is 12.1 Å². The number of nitrogens with one attached hydrogen (secondary N) is 2. The summed E-state index contributed by atoms with van der Waals surface area (Å²) in [5.41, 5.74) is 1.52. The molecule has 0 spiro atoms. The zero-order chi connectivity index (χ0) is 14.1. The summed E-state index contributed by atoms with van der Waals surface area (Å²) in [5, 5.41) is 5.71. The molecule has 1 rings (SSSR count). The number of esters is 1. The highest BCUT2D eigenvalue weighted by molar-refractivity contribution is 5.91. The fourth-order valence-corrected chi connectivity index (χ4v) is 1.60. The highest BCUT2D eigenvalue weighted by atomic mass is 35.5. The Bertz CT molecular complexity index is 438. The normalized spacial score (nSPS) is 9.50. The number of benzene rings is 1.